The number of aliphatic carboxylic acids is 1. The Kier molecular flexibility index (Phi) is 2.48. The van der Waals surface area contributed by atoms with E-state index < -0.39 is 5.97 Å². The highest BCUT2D eigenvalue weighted by molar-refractivity contribution is 7.17. The van der Waals surface area contributed by atoms with Gasteiger partial charge in [-0.1, -0.05) is 6.92 Å². The maximum Gasteiger partial charge on any atom is 0.309 e. The second-order valence-electron chi connectivity index (χ2n) is 3.40. The molecule has 0 aliphatic rings. The minimum atomic E-state index is -0.817. The summed E-state index contributed by atoms with van der Waals surface area (Å²) >= 11 is 1.61. The molecule has 2 aromatic rings. The van der Waals surface area contributed by atoms with Gasteiger partial charge >= 0.3 is 5.97 Å². The Balaban J connectivity index is 2.60. The quantitative estimate of drug-likeness (QED) is 0.866. The third-order valence-corrected chi connectivity index (χ3v) is 3.40. The SMILES string of the molecule is CCc1c(C)sc2ncc(CC(=O)O)n12. The highest BCUT2D eigenvalue weighted by Crippen LogP contribution is 2.24. The fourth-order valence-corrected chi connectivity index (χ4v) is 2.82. The summed E-state index contributed by atoms with van der Waals surface area (Å²) in [5.41, 5.74) is 1.93. The number of hydrogen-bond donors (Lipinski definition) is 1. The van der Waals surface area contributed by atoms with Gasteiger partial charge in [-0.25, -0.2) is 4.98 Å². The number of aryl methyl sites for hydroxylation is 2. The van der Waals surface area contributed by atoms with Gasteiger partial charge in [0.25, 0.3) is 0 Å². The number of nitrogens with zero attached hydrogens (tertiary/aromatic N) is 2. The smallest absolute Gasteiger partial charge is 0.309 e. The molecule has 0 saturated heterocycles. The first-order valence-corrected chi connectivity index (χ1v) is 5.61. The van der Waals surface area contributed by atoms with Crippen LogP contribution in [0.4, 0.5) is 0 Å². The third kappa shape index (κ3) is 1.63. The van der Waals surface area contributed by atoms with E-state index in [-0.39, 0.29) is 6.42 Å². The second kappa shape index (κ2) is 3.66. The van der Waals surface area contributed by atoms with E-state index in [1.807, 2.05) is 11.3 Å². The van der Waals surface area contributed by atoms with Gasteiger partial charge in [0, 0.05) is 10.6 Å². The van der Waals surface area contributed by atoms with Gasteiger partial charge in [-0.2, -0.15) is 0 Å². The number of carboxylic acids is 1. The van der Waals surface area contributed by atoms with Crippen LogP contribution >= 0.6 is 11.3 Å². The lowest BCUT2D eigenvalue weighted by Crippen LogP contribution is -2.04. The molecule has 0 aromatic carbocycles. The molecule has 0 fully saturated rings. The topological polar surface area (TPSA) is 54.6 Å². The monoisotopic (exact) mass is 224 g/mol. The Morgan fingerprint density at radius 2 is 2.40 bits per heavy atom. The number of imidazole rings is 1. The van der Waals surface area contributed by atoms with Gasteiger partial charge in [-0.15, -0.1) is 11.3 Å². The molecule has 0 unspecified atom stereocenters. The number of aromatic nitrogens is 2. The van der Waals surface area contributed by atoms with Crippen LogP contribution in [0, 0.1) is 6.92 Å². The minimum absolute atomic E-state index is 0.0321. The molecule has 80 valence electrons. The molecule has 0 spiro atoms. The number of hydrogen-bond acceptors (Lipinski definition) is 3. The van der Waals surface area contributed by atoms with Crippen molar-refractivity contribution in [2.75, 3.05) is 0 Å². The highest BCUT2D eigenvalue weighted by Gasteiger charge is 2.14. The van der Waals surface area contributed by atoms with Crippen molar-refractivity contribution in [1.82, 2.24) is 9.38 Å². The van der Waals surface area contributed by atoms with Crippen molar-refractivity contribution < 1.29 is 9.90 Å². The van der Waals surface area contributed by atoms with Crippen LogP contribution in [-0.4, -0.2) is 20.5 Å². The third-order valence-electron chi connectivity index (χ3n) is 2.39. The lowest BCUT2D eigenvalue weighted by Gasteiger charge is -2.00. The lowest BCUT2D eigenvalue weighted by atomic mass is 10.3. The molecular weight excluding hydrogens is 212 g/mol. The summed E-state index contributed by atoms with van der Waals surface area (Å²) in [6.07, 6.45) is 2.58. The standard InChI is InChI=1S/C10H12N2O2S/c1-3-8-6(2)15-10-11-5-7(12(8)10)4-9(13)14/h5H,3-4H2,1-2H3,(H,13,14). The lowest BCUT2D eigenvalue weighted by molar-refractivity contribution is -0.136. The first-order valence-electron chi connectivity index (χ1n) is 4.80. The van der Waals surface area contributed by atoms with Crippen molar-refractivity contribution in [3.05, 3.63) is 22.5 Å². The maximum absolute atomic E-state index is 10.7. The Hall–Kier alpha value is -1.36. The molecule has 0 aliphatic heterocycles. The number of carbonyl (C=O) groups is 1. The molecule has 0 saturated carbocycles. The number of rotatable bonds is 3. The van der Waals surface area contributed by atoms with Crippen molar-refractivity contribution in [1.29, 1.82) is 0 Å². The van der Waals surface area contributed by atoms with E-state index in [1.54, 1.807) is 17.5 Å². The van der Waals surface area contributed by atoms with Gasteiger partial charge in [0.1, 0.15) is 0 Å². The zero-order valence-corrected chi connectivity index (χ0v) is 9.47. The normalized spacial score (nSPS) is 11.1. The zero-order chi connectivity index (χ0) is 11.0. The van der Waals surface area contributed by atoms with E-state index in [1.165, 1.54) is 10.6 Å². The van der Waals surface area contributed by atoms with Gasteiger partial charge in [0.05, 0.1) is 18.3 Å². The van der Waals surface area contributed by atoms with Crippen molar-refractivity contribution in [2.45, 2.75) is 26.7 Å². The van der Waals surface area contributed by atoms with E-state index in [9.17, 15) is 4.79 Å². The summed E-state index contributed by atoms with van der Waals surface area (Å²) in [4.78, 5) is 17.0. The van der Waals surface area contributed by atoms with Crippen LogP contribution in [0.2, 0.25) is 0 Å². The van der Waals surface area contributed by atoms with E-state index >= 15 is 0 Å². The summed E-state index contributed by atoms with van der Waals surface area (Å²) in [6, 6.07) is 0. The van der Waals surface area contributed by atoms with Crippen LogP contribution in [0.1, 0.15) is 23.2 Å². The van der Waals surface area contributed by atoms with Crippen molar-refractivity contribution in [2.24, 2.45) is 0 Å². The zero-order valence-electron chi connectivity index (χ0n) is 8.65. The van der Waals surface area contributed by atoms with Gasteiger partial charge < -0.3 is 5.11 Å². The van der Waals surface area contributed by atoms with E-state index in [0.29, 0.717) is 0 Å². The van der Waals surface area contributed by atoms with Crippen molar-refractivity contribution in [3.63, 3.8) is 0 Å². The fraction of sp³-hybridized carbons (Fsp3) is 0.400. The number of thiazole rings is 1. The molecule has 15 heavy (non-hydrogen) atoms. The summed E-state index contributed by atoms with van der Waals surface area (Å²) < 4.78 is 1.97. The van der Waals surface area contributed by atoms with Crippen molar-refractivity contribution in [3.8, 4) is 0 Å². The predicted molar refractivity (Wildman–Crippen MR) is 58.5 cm³/mol. The molecule has 2 aromatic heterocycles. The Morgan fingerprint density at radius 3 is 3.00 bits per heavy atom. The molecule has 0 bridgehead atoms. The molecule has 5 heteroatoms. The molecule has 0 radical (unpaired) electrons. The molecule has 0 aliphatic carbocycles. The minimum Gasteiger partial charge on any atom is -0.481 e. The molecule has 1 N–H and O–H groups in total. The Labute approximate surface area is 91.2 Å². The average Bonchev–Trinajstić information content (AvgIpc) is 2.65. The Morgan fingerprint density at radius 1 is 1.67 bits per heavy atom. The molecule has 2 rings (SSSR count). The van der Waals surface area contributed by atoms with Crippen LogP contribution in [0.15, 0.2) is 6.20 Å². The van der Waals surface area contributed by atoms with E-state index in [2.05, 4.69) is 11.9 Å². The summed E-state index contributed by atoms with van der Waals surface area (Å²) in [5, 5.41) is 8.78. The van der Waals surface area contributed by atoms with Crippen LogP contribution in [0.25, 0.3) is 4.96 Å². The Bertz CT molecular complexity index is 513. The van der Waals surface area contributed by atoms with E-state index in [4.69, 9.17) is 5.11 Å². The maximum atomic E-state index is 10.7. The highest BCUT2D eigenvalue weighted by atomic mass is 32.1. The van der Waals surface area contributed by atoms with Crippen LogP contribution < -0.4 is 0 Å². The first kappa shape index (κ1) is 10.2. The summed E-state index contributed by atoms with van der Waals surface area (Å²) in [5.74, 6) is -0.817. The van der Waals surface area contributed by atoms with Gasteiger partial charge in [-0.05, 0) is 13.3 Å². The van der Waals surface area contributed by atoms with Crippen molar-refractivity contribution >= 4 is 22.3 Å². The second-order valence-corrected chi connectivity index (χ2v) is 4.58. The molecule has 0 atom stereocenters. The number of fused-ring (bicyclic) bond motifs is 1. The predicted octanol–water partition coefficient (Wildman–Crippen LogP) is 1.89. The molecule has 2 heterocycles. The van der Waals surface area contributed by atoms with Gasteiger partial charge in [-0.3, -0.25) is 9.20 Å². The fourth-order valence-electron chi connectivity index (χ4n) is 1.77. The van der Waals surface area contributed by atoms with Crippen LogP contribution in [-0.2, 0) is 17.6 Å². The molecule has 0 amide bonds. The largest absolute Gasteiger partial charge is 0.481 e. The molecule has 4 nitrogen and oxygen atoms in total. The van der Waals surface area contributed by atoms with E-state index in [0.717, 1.165) is 17.1 Å². The van der Waals surface area contributed by atoms with Crippen LogP contribution in [0.5, 0.6) is 0 Å². The van der Waals surface area contributed by atoms with Gasteiger partial charge in [0.15, 0.2) is 4.96 Å². The average molecular weight is 224 g/mol. The number of carboxylic acid groups (broad SMARTS) is 1. The summed E-state index contributed by atoms with van der Waals surface area (Å²) in [7, 11) is 0. The van der Waals surface area contributed by atoms with Crippen LogP contribution in [0.3, 0.4) is 0 Å². The molecular formula is C10H12N2O2S. The van der Waals surface area contributed by atoms with Gasteiger partial charge in [0.2, 0.25) is 0 Å². The first-order chi connectivity index (χ1) is 7.13. The summed E-state index contributed by atoms with van der Waals surface area (Å²) in [6.45, 7) is 4.11.